The first-order valence-electron chi connectivity index (χ1n) is 6.26. The highest BCUT2D eigenvalue weighted by atomic mass is 127. The van der Waals surface area contributed by atoms with Crippen LogP contribution in [0.25, 0.3) is 0 Å². The zero-order chi connectivity index (χ0) is 12.6. The van der Waals surface area contributed by atoms with Gasteiger partial charge in [-0.15, -0.1) is 0 Å². The summed E-state index contributed by atoms with van der Waals surface area (Å²) in [6.45, 7) is 8.51. The van der Waals surface area contributed by atoms with Crippen molar-refractivity contribution < 1.29 is 0 Å². The molecule has 0 N–H and O–H groups in total. The summed E-state index contributed by atoms with van der Waals surface area (Å²) in [6.07, 6.45) is 4.73. The number of nitrogens with zero attached hydrogens (tertiary/aromatic N) is 2. The van der Waals surface area contributed by atoms with Gasteiger partial charge < -0.3 is 0 Å². The molecule has 1 aromatic rings. The summed E-state index contributed by atoms with van der Waals surface area (Å²) in [5.74, 6) is 0. The second-order valence-electron chi connectivity index (χ2n) is 5.98. The van der Waals surface area contributed by atoms with Crippen molar-refractivity contribution in [3.8, 4) is 0 Å². The van der Waals surface area contributed by atoms with Crippen LogP contribution in [0.5, 0.6) is 0 Å². The molecule has 0 spiro atoms. The van der Waals surface area contributed by atoms with E-state index in [2.05, 4.69) is 71.4 Å². The van der Waals surface area contributed by atoms with E-state index in [1.54, 1.807) is 5.19 Å². The highest BCUT2D eigenvalue weighted by Crippen LogP contribution is 2.30. The molecule has 1 saturated heterocycles. The molecule has 94 valence electrons. The Bertz CT molecular complexity index is 414. The second kappa shape index (κ2) is 4.97. The van der Waals surface area contributed by atoms with Crippen LogP contribution in [-0.2, 0) is 0 Å². The minimum atomic E-state index is -1.28. The number of hydrogen-bond acceptors (Lipinski definition) is 2. The summed E-state index contributed by atoms with van der Waals surface area (Å²) < 4.78 is 1.13. The normalized spacial score (nSPS) is 22.1. The number of pyridine rings is 1. The topological polar surface area (TPSA) is 16.1 Å². The van der Waals surface area contributed by atoms with Gasteiger partial charge in [-0.2, -0.15) is 0 Å². The number of aromatic nitrogens is 1. The average molecular weight is 360 g/mol. The van der Waals surface area contributed by atoms with E-state index < -0.39 is 8.07 Å². The summed E-state index contributed by atoms with van der Waals surface area (Å²) in [5.41, 5.74) is 1.49. The van der Waals surface area contributed by atoms with Crippen LogP contribution in [0.3, 0.4) is 0 Å². The largest absolute Gasteiger partial charge is 0.299 e. The maximum atomic E-state index is 4.51. The van der Waals surface area contributed by atoms with Gasteiger partial charge in [-0.1, -0.05) is 24.8 Å². The van der Waals surface area contributed by atoms with Gasteiger partial charge in [-0.3, -0.25) is 4.90 Å². The number of hydrogen-bond donors (Lipinski definition) is 0. The third-order valence-corrected chi connectivity index (χ3v) is 6.23. The van der Waals surface area contributed by atoms with Crippen molar-refractivity contribution in [2.75, 3.05) is 13.6 Å². The van der Waals surface area contributed by atoms with Gasteiger partial charge in [0.05, 0.1) is 8.07 Å². The lowest BCUT2D eigenvalue weighted by atomic mass is 10.1. The first kappa shape index (κ1) is 13.5. The molecule has 0 saturated carbocycles. The Kier molecular flexibility index (Phi) is 3.95. The van der Waals surface area contributed by atoms with Gasteiger partial charge in [0.15, 0.2) is 0 Å². The van der Waals surface area contributed by atoms with Crippen molar-refractivity contribution in [1.29, 1.82) is 0 Å². The molecule has 0 aromatic carbocycles. The first-order chi connectivity index (χ1) is 7.89. The Labute approximate surface area is 119 Å². The van der Waals surface area contributed by atoms with Crippen LogP contribution in [0.2, 0.25) is 19.6 Å². The van der Waals surface area contributed by atoms with Crippen molar-refractivity contribution in [3.63, 3.8) is 0 Å². The maximum Gasteiger partial charge on any atom is 0.101 e. The number of likely N-dealkylation sites (tertiary alicyclic amines) is 1. The summed E-state index contributed by atoms with van der Waals surface area (Å²) in [4.78, 5) is 6.99. The van der Waals surface area contributed by atoms with Gasteiger partial charge >= 0.3 is 0 Å². The van der Waals surface area contributed by atoms with Crippen molar-refractivity contribution in [2.24, 2.45) is 0 Å². The van der Waals surface area contributed by atoms with Gasteiger partial charge in [0.25, 0.3) is 0 Å². The van der Waals surface area contributed by atoms with Crippen LogP contribution in [0.4, 0.5) is 0 Å². The lowest BCUT2D eigenvalue weighted by Gasteiger charge is -2.27. The van der Waals surface area contributed by atoms with Crippen LogP contribution in [0.1, 0.15) is 24.4 Å². The van der Waals surface area contributed by atoms with E-state index in [-0.39, 0.29) is 0 Å². The minimum Gasteiger partial charge on any atom is -0.299 e. The summed E-state index contributed by atoms with van der Waals surface area (Å²) >= 11 is 2.33. The lowest BCUT2D eigenvalue weighted by Crippen LogP contribution is -2.42. The minimum absolute atomic E-state index is 0.598. The quantitative estimate of drug-likeness (QED) is 0.458. The molecule has 2 nitrogen and oxygen atoms in total. The van der Waals surface area contributed by atoms with E-state index in [0.717, 1.165) is 3.70 Å². The van der Waals surface area contributed by atoms with E-state index in [4.69, 9.17) is 0 Å². The molecular weight excluding hydrogens is 339 g/mol. The number of halogens is 1. The van der Waals surface area contributed by atoms with Crippen LogP contribution < -0.4 is 5.19 Å². The monoisotopic (exact) mass is 360 g/mol. The van der Waals surface area contributed by atoms with Gasteiger partial charge in [0, 0.05) is 12.2 Å². The summed E-state index contributed by atoms with van der Waals surface area (Å²) in [6, 6.07) is 2.91. The fraction of sp³-hybridized carbons (Fsp3) is 0.615. The molecule has 4 heteroatoms. The molecule has 1 aliphatic heterocycles. The van der Waals surface area contributed by atoms with Gasteiger partial charge in [-0.05, 0) is 60.7 Å². The van der Waals surface area contributed by atoms with Crippen molar-refractivity contribution in [1.82, 2.24) is 9.88 Å². The molecule has 0 radical (unpaired) electrons. The molecular formula is C13H21IN2Si. The molecule has 0 aliphatic carbocycles. The smallest absolute Gasteiger partial charge is 0.101 e. The predicted molar refractivity (Wildman–Crippen MR) is 84.5 cm³/mol. The first-order valence-corrected chi connectivity index (χ1v) is 10.8. The predicted octanol–water partition coefficient (Wildman–Crippen LogP) is 3.00. The van der Waals surface area contributed by atoms with Crippen molar-refractivity contribution >= 4 is 35.9 Å². The van der Waals surface area contributed by atoms with Gasteiger partial charge in [0.2, 0.25) is 0 Å². The molecule has 2 heterocycles. The van der Waals surface area contributed by atoms with E-state index >= 15 is 0 Å². The van der Waals surface area contributed by atoms with Gasteiger partial charge in [0.1, 0.15) is 3.70 Å². The van der Waals surface area contributed by atoms with Crippen LogP contribution in [0.15, 0.2) is 12.3 Å². The molecule has 0 bridgehead atoms. The second-order valence-corrected chi connectivity index (χ2v) is 12.1. The Morgan fingerprint density at radius 3 is 2.65 bits per heavy atom. The Balaban J connectivity index is 2.46. The van der Waals surface area contributed by atoms with E-state index in [1.807, 2.05) is 0 Å². The molecule has 17 heavy (non-hydrogen) atoms. The van der Waals surface area contributed by atoms with E-state index in [9.17, 15) is 0 Å². The van der Waals surface area contributed by atoms with Gasteiger partial charge in [-0.25, -0.2) is 4.98 Å². The molecule has 1 fully saturated rings. The van der Waals surface area contributed by atoms with Crippen LogP contribution in [-0.4, -0.2) is 31.6 Å². The van der Waals surface area contributed by atoms with E-state index in [1.165, 1.54) is 24.9 Å². The Morgan fingerprint density at radius 1 is 1.41 bits per heavy atom. The van der Waals surface area contributed by atoms with Crippen molar-refractivity contribution in [2.45, 2.75) is 38.5 Å². The highest BCUT2D eigenvalue weighted by molar-refractivity contribution is 14.1. The number of rotatable bonds is 2. The van der Waals surface area contributed by atoms with Crippen LogP contribution >= 0.6 is 22.6 Å². The third kappa shape index (κ3) is 2.90. The highest BCUT2D eigenvalue weighted by Gasteiger charge is 2.29. The van der Waals surface area contributed by atoms with Crippen LogP contribution in [0, 0.1) is 3.70 Å². The maximum absolute atomic E-state index is 4.51. The summed E-state index contributed by atoms with van der Waals surface area (Å²) in [7, 11) is 0.962. The lowest BCUT2D eigenvalue weighted by molar-refractivity contribution is 0.318. The fourth-order valence-electron chi connectivity index (χ4n) is 2.66. The Morgan fingerprint density at radius 2 is 2.12 bits per heavy atom. The van der Waals surface area contributed by atoms with E-state index in [0.29, 0.717) is 6.04 Å². The average Bonchev–Trinajstić information content (AvgIpc) is 2.63. The molecule has 1 aromatic heterocycles. The fourth-order valence-corrected chi connectivity index (χ4v) is 5.07. The molecule has 0 amide bonds. The summed E-state index contributed by atoms with van der Waals surface area (Å²) in [5, 5.41) is 1.59. The zero-order valence-electron chi connectivity index (χ0n) is 11.1. The third-order valence-electron chi connectivity index (χ3n) is 3.59. The standard InChI is InChI=1S/C13H21IN2Si/c1-16-7-5-6-11(16)10-9-15-13(14)8-12(10)17(2,3)4/h8-9,11H,5-7H2,1-4H3/t11-/m0/s1. The zero-order valence-corrected chi connectivity index (χ0v) is 14.3. The SMILES string of the molecule is CN1CCC[C@H]1c1cnc(I)cc1[Si](C)(C)C. The molecule has 1 aliphatic rings. The Hall–Kier alpha value is 0.0569. The molecule has 1 atom stereocenters. The molecule has 0 unspecified atom stereocenters. The molecule has 2 rings (SSSR count). The van der Waals surface area contributed by atoms with Crippen molar-refractivity contribution in [3.05, 3.63) is 21.5 Å².